The molecule has 3 aliphatic rings. The third-order valence-electron chi connectivity index (χ3n) is 6.96. The molecule has 0 radical (unpaired) electrons. The van der Waals surface area contributed by atoms with Crippen molar-refractivity contribution in [1.82, 2.24) is 19.7 Å². The van der Waals surface area contributed by atoms with E-state index in [1.165, 1.54) is 17.0 Å². The van der Waals surface area contributed by atoms with E-state index in [-0.39, 0.29) is 18.5 Å². The van der Waals surface area contributed by atoms with Crippen LogP contribution in [0.3, 0.4) is 0 Å². The summed E-state index contributed by atoms with van der Waals surface area (Å²) in [5.41, 5.74) is 2.43. The van der Waals surface area contributed by atoms with Gasteiger partial charge in [0, 0.05) is 43.2 Å². The Morgan fingerprint density at radius 1 is 0.972 bits per heavy atom. The molecule has 0 N–H and O–H groups in total. The van der Waals surface area contributed by atoms with Gasteiger partial charge in [-0.15, -0.1) is 10.2 Å². The highest BCUT2D eigenvalue weighted by Crippen LogP contribution is 2.45. The first kappa shape index (κ1) is 23.1. The molecule has 0 amide bonds. The lowest BCUT2D eigenvalue weighted by Crippen LogP contribution is -2.73. The first-order chi connectivity index (χ1) is 17.1. The Kier molecular flexibility index (Phi) is 5.18. The predicted molar refractivity (Wildman–Crippen MR) is 125 cm³/mol. The van der Waals surface area contributed by atoms with E-state index in [0.29, 0.717) is 41.0 Å². The van der Waals surface area contributed by atoms with Gasteiger partial charge in [0.25, 0.3) is 0 Å². The lowest BCUT2D eigenvalue weighted by atomic mass is 9.72. The van der Waals surface area contributed by atoms with E-state index in [2.05, 4.69) is 26.1 Å². The van der Waals surface area contributed by atoms with Crippen LogP contribution >= 0.6 is 11.6 Å². The minimum atomic E-state index is -4.34. The van der Waals surface area contributed by atoms with Crippen molar-refractivity contribution in [3.05, 3.63) is 64.2 Å². The lowest BCUT2D eigenvalue weighted by molar-refractivity contribution is -0.148. The largest absolute Gasteiger partial charge is 0.401 e. The van der Waals surface area contributed by atoms with Gasteiger partial charge in [0.15, 0.2) is 5.82 Å². The molecule has 186 valence electrons. The van der Waals surface area contributed by atoms with Crippen LogP contribution in [0.2, 0.25) is 5.02 Å². The number of hydrogen-bond acceptors (Lipinski definition) is 6. The number of nitrogens with zero attached hydrogens (tertiary/aromatic N) is 7. The van der Waals surface area contributed by atoms with E-state index in [0.717, 1.165) is 24.5 Å². The fourth-order valence-corrected chi connectivity index (χ4v) is 5.73. The van der Waals surface area contributed by atoms with Crippen LogP contribution in [-0.4, -0.2) is 58.6 Å². The molecule has 36 heavy (non-hydrogen) atoms. The number of halogens is 5. The van der Waals surface area contributed by atoms with Gasteiger partial charge < -0.3 is 9.80 Å². The van der Waals surface area contributed by atoms with Crippen LogP contribution in [0.5, 0.6) is 0 Å². The molecule has 4 heterocycles. The minimum absolute atomic E-state index is 0.00335. The molecule has 0 unspecified atom stereocenters. The zero-order chi connectivity index (χ0) is 25.2. The van der Waals surface area contributed by atoms with E-state index in [1.54, 1.807) is 24.3 Å². The molecule has 0 saturated carbocycles. The molecule has 0 bridgehead atoms. The van der Waals surface area contributed by atoms with Gasteiger partial charge in [-0.2, -0.15) is 18.4 Å². The van der Waals surface area contributed by atoms with Gasteiger partial charge in [0.1, 0.15) is 11.9 Å². The Morgan fingerprint density at radius 2 is 1.69 bits per heavy atom. The average molecular weight is 518 g/mol. The molecular formula is C24H20ClF4N7. The number of aromatic nitrogens is 3. The molecule has 12 heteroatoms. The Morgan fingerprint density at radius 3 is 2.42 bits per heavy atom. The van der Waals surface area contributed by atoms with Gasteiger partial charge in [0.05, 0.1) is 30.0 Å². The van der Waals surface area contributed by atoms with Gasteiger partial charge in [-0.3, -0.25) is 9.47 Å². The zero-order valence-corrected chi connectivity index (χ0v) is 19.7. The van der Waals surface area contributed by atoms with E-state index >= 15 is 0 Å². The van der Waals surface area contributed by atoms with E-state index in [4.69, 9.17) is 11.6 Å². The zero-order valence-electron chi connectivity index (χ0n) is 18.9. The molecule has 3 aromatic rings. The number of nitriles is 1. The fourth-order valence-electron chi connectivity index (χ4n) is 5.53. The van der Waals surface area contributed by atoms with Crippen LogP contribution < -0.4 is 9.80 Å². The summed E-state index contributed by atoms with van der Waals surface area (Å²) >= 11 is 6.17. The van der Waals surface area contributed by atoms with E-state index < -0.39 is 18.5 Å². The quantitative estimate of drug-likeness (QED) is 0.487. The first-order valence-corrected chi connectivity index (χ1v) is 11.7. The van der Waals surface area contributed by atoms with Crippen molar-refractivity contribution < 1.29 is 17.6 Å². The van der Waals surface area contributed by atoms with Crippen LogP contribution in [-0.2, 0) is 13.1 Å². The van der Waals surface area contributed by atoms with Crippen molar-refractivity contribution in [2.75, 3.05) is 42.5 Å². The molecule has 2 saturated heterocycles. The molecule has 0 aliphatic carbocycles. The summed E-state index contributed by atoms with van der Waals surface area (Å²) in [6.07, 6.45) is -4.34. The van der Waals surface area contributed by atoms with Crippen LogP contribution in [0.1, 0.15) is 17.0 Å². The standard InChI is InChI=1S/C24H20ClF4N7/c25-17-1-3-20-16(5-17)8-33(14-24(27,28)29)9-21-31-32-22(36(20)21)35-12-23(13-35)10-34(11-23)19-4-2-18(26)6-15(19)7-30/h1-6H,8-14H2. The fraction of sp³-hybridized carbons (Fsp3) is 0.375. The second kappa shape index (κ2) is 8.08. The number of benzene rings is 2. The maximum Gasteiger partial charge on any atom is 0.401 e. The van der Waals surface area contributed by atoms with Crippen LogP contribution in [0, 0.1) is 22.6 Å². The second-order valence-electron chi connectivity index (χ2n) is 9.77. The van der Waals surface area contributed by atoms with Crippen LogP contribution in [0.25, 0.3) is 5.69 Å². The molecule has 7 nitrogen and oxygen atoms in total. The Balaban J connectivity index is 1.23. The first-order valence-electron chi connectivity index (χ1n) is 11.3. The Bertz CT molecular complexity index is 1380. The molecule has 1 aromatic heterocycles. The highest BCUT2D eigenvalue weighted by atomic mass is 35.5. The second-order valence-corrected chi connectivity index (χ2v) is 10.2. The number of hydrogen-bond donors (Lipinski definition) is 0. The average Bonchev–Trinajstić information content (AvgIpc) is 3.07. The van der Waals surface area contributed by atoms with Gasteiger partial charge in [0.2, 0.25) is 5.95 Å². The summed E-state index contributed by atoms with van der Waals surface area (Å²) in [6, 6.07) is 11.5. The van der Waals surface area contributed by atoms with Gasteiger partial charge in [-0.1, -0.05) is 11.6 Å². The van der Waals surface area contributed by atoms with Gasteiger partial charge in [-0.05, 0) is 42.0 Å². The summed E-state index contributed by atoms with van der Waals surface area (Å²) < 4.78 is 54.9. The Labute approximate surface area is 209 Å². The summed E-state index contributed by atoms with van der Waals surface area (Å²) in [7, 11) is 0. The summed E-state index contributed by atoms with van der Waals surface area (Å²) in [5, 5.41) is 18.4. The minimum Gasteiger partial charge on any atom is -0.369 e. The number of fused-ring (bicyclic) bond motifs is 3. The third kappa shape index (κ3) is 3.94. The van der Waals surface area contributed by atoms with Crippen molar-refractivity contribution in [2.45, 2.75) is 19.3 Å². The monoisotopic (exact) mass is 517 g/mol. The molecule has 6 rings (SSSR count). The number of anilines is 2. The van der Waals surface area contributed by atoms with Crippen LogP contribution in [0.15, 0.2) is 36.4 Å². The topological polar surface area (TPSA) is 64.2 Å². The van der Waals surface area contributed by atoms with Crippen molar-refractivity contribution in [1.29, 1.82) is 5.26 Å². The number of alkyl halides is 3. The number of rotatable bonds is 3. The highest BCUT2D eigenvalue weighted by molar-refractivity contribution is 6.30. The molecule has 2 fully saturated rings. The normalized spacial score (nSPS) is 18.7. The lowest BCUT2D eigenvalue weighted by Gasteiger charge is -2.61. The molecule has 1 spiro atoms. The molecule has 0 atom stereocenters. The van der Waals surface area contributed by atoms with Gasteiger partial charge >= 0.3 is 6.18 Å². The summed E-state index contributed by atoms with van der Waals surface area (Å²) in [5.74, 6) is 0.589. The van der Waals surface area contributed by atoms with Crippen molar-refractivity contribution in [3.8, 4) is 11.8 Å². The molecule has 3 aliphatic heterocycles. The summed E-state index contributed by atoms with van der Waals surface area (Å²) in [4.78, 5) is 5.43. The van der Waals surface area contributed by atoms with Crippen molar-refractivity contribution in [2.24, 2.45) is 5.41 Å². The SMILES string of the molecule is N#Cc1cc(F)ccc1N1CC2(C1)CN(c1nnc3n1-c1ccc(Cl)cc1CN(CC(F)(F)F)C3)C2. The Hall–Kier alpha value is -3.36. The van der Waals surface area contributed by atoms with Crippen molar-refractivity contribution >= 4 is 23.2 Å². The van der Waals surface area contributed by atoms with E-state index in [1.807, 2.05) is 4.57 Å². The van der Waals surface area contributed by atoms with Crippen molar-refractivity contribution in [3.63, 3.8) is 0 Å². The maximum absolute atomic E-state index is 13.5. The van der Waals surface area contributed by atoms with Crippen LogP contribution in [0.4, 0.5) is 29.2 Å². The third-order valence-corrected chi connectivity index (χ3v) is 7.20. The smallest absolute Gasteiger partial charge is 0.369 e. The molecule has 2 aromatic carbocycles. The van der Waals surface area contributed by atoms with E-state index in [9.17, 15) is 22.8 Å². The summed E-state index contributed by atoms with van der Waals surface area (Å²) in [6.45, 7) is 1.87. The highest BCUT2D eigenvalue weighted by Gasteiger charge is 2.53. The predicted octanol–water partition coefficient (Wildman–Crippen LogP) is 4.14. The van der Waals surface area contributed by atoms with Gasteiger partial charge in [-0.25, -0.2) is 4.39 Å². The molecular weight excluding hydrogens is 498 g/mol. The maximum atomic E-state index is 13.5.